The third-order valence-electron chi connectivity index (χ3n) is 9.13. The molecule has 2 fully saturated rings. The summed E-state index contributed by atoms with van der Waals surface area (Å²) in [5.74, 6) is 8.11. The number of aromatic nitrogens is 4. The molecule has 0 amide bonds. The van der Waals surface area contributed by atoms with E-state index in [9.17, 15) is 26.3 Å². The van der Waals surface area contributed by atoms with Gasteiger partial charge in [-0.05, 0) is 80.8 Å². The SMILES string of the molecule is C#Cc1nc(C)nc(NC2CCCC2)c1-c1ccc(C(F)(F)F)cc1.Cc1nc(C#C[Si](C)(C)C)c(-c2ccc(C(F)(F)F)cc2)c(NC2CCCC2)n1. The lowest BCUT2D eigenvalue weighted by Gasteiger charge is -2.18. The van der Waals surface area contributed by atoms with E-state index >= 15 is 0 Å². The molecule has 0 bridgehead atoms. The number of aryl methyl sites for hydroxylation is 2. The van der Waals surface area contributed by atoms with E-state index in [1.807, 2.05) is 6.92 Å². The normalized spacial score (nSPS) is 15.1. The first-order valence-electron chi connectivity index (χ1n) is 18.1. The monoisotopic (exact) mass is 762 g/mol. The Morgan fingerprint density at radius 1 is 0.611 bits per heavy atom. The fraction of sp³-hybridized carbons (Fsp3) is 0.415. The van der Waals surface area contributed by atoms with Gasteiger partial charge in [-0.25, -0.2) is 19.9 Å². The molecule has 2 heterocycles. The van der Waals surface area contributed by atoms with Crippen molar-refractivity contribution in [2.24, 2.45) is 0 Å². The van der Waals surface area contributed by atoms with Gasteiger partial charge in [0.1, 0.15) is 42.7 Å². The minimum atomic E-state index is -4.37. The number of alkyl halides is 6. The maximum atomic E-state index is 13.0. The highest BCUT2D eigenvalue weighted by Crippen LogP contribution is 2.37. The van der Waals surface area contributed by atoms with Crippen LogP contribution >= 0.6 is 0 Å². The number of rotatable bonds is 6. The molecule has 0 spiro atoms. The van der Waals surface area contributed by atoms with Crippen molar-refractivity contribution in [3.05, 3.63) is 82.7 Å². The molecule has 2 N–H and O–H groups in total. The lowest BCUT2D eigenvalue weighted by atomic mass is 10.0. The van der Waals surface area contributed by atoms with Gasteiger partial charge in [-0.1, -0.05) is 75.5 Å². The highest BCUT2D eigenvalue weighted by Gasteiger charge is 2.31. The summed E-state index contributed by atoms with van der Waals surface area (Å²) in [6.07, 6.45) is 5.69. The van der Waals surface area contributed by atoms with Gasteiger partial charge >= 0.3 is 12.4 Å². The Kier molecular flexibility index (Phi) is 12.4. The first kappa shape index (κ1) is 40.3. The Bertz CT molecular complexity index is 2020. The minimum absolute atomic E-state index is 0.299. The molecule has 0 radical (unpaired) electrons. The maximum absolute atomic E-state index is 13.0. The van der Waals surface area contributed by atoms with Crippen LogP contribution in [0.25, 0.3) is 22.3 Å². The number of terminal acetylenes is 1. The topological polar surface area (TPSA) is 75.6 Å². The average Bonchev–Trinajstić information content (AvgIpc) is 3.81. The molecule has 2 saturated carbocycles. The lowest BCUT2D eigenvalue weighted by Crippen LogP contribution is -2.18. The second kappa shape index (κ2) is 16.6. The average molecular weight is 763 g/mol. The molecule has 284 valence electrons. The van der Waals surface area contributed by atoms with Crippen molar-refractivity contribution in [3.63, 3.8) is 0 Å². The molecule has 0 unspecified atom stereocenters. The molecule has 6 nitrogen and oxygen atoms in total. The zero-order chi connectivity index (χ0) is 39.3. The molecule has 0 aliphatic heterocycles. The van der Waals surface area contributed by atoms with Gasteiger partial charge in [0.05, 0.1) is 22.3 Å². The molecule has 0 saturated heterocycles. The van der Waals surface area contributed by atoms with Crippen LogP contribution in [0.15, 0.2) is 48.5 Å². The van der Waals surface area contributed by atoms with E-state index in [1.165, 1.54) is 37.1 Å². The first-order chi connectivity index (χ1) is 25.4. The van der Waals surface area contributed by atoms with Crippen LogP contribution in [0.4, 0.5) is 38.0 Å². The van der Waals surface area contributed by atoms with Gasteiger partial charge in [-0.2, -0.15) is 26.3 Å². The van der Waals surface area contributed by atoms with Gasteiger partial charge in [0.15, 0.2) is 0 Å². The Balaban J connectivity index is 0.000000210. The Hall–Kier alpha value is -4.88. The van der Waals surface area contributed by atoms with Crippen LogP contribution in [0, 0.1) is 37.7 Å². The van der Waals surface area contributed by atoms with Gasteiger partial charge in [0.2, 0.25) is 0 Å². The summed E-state index contributed by atoms with van der Waals surface area (Å²) in [4.78, 5) is 17.8. The first-order valence-corrected chi connectivity index (χ1v) is 21.6. The number of hydrogen-bond acceptors (Lipinski definition) is 6. The highest BCUT2D eigenvalue weighted by atomic mass is 28.3. The van der Waals surface area contributed by atoms with Crippen molar-refractivity contribution in [2.45, 2.75) is 109 Å². The summed E-state index contributed by atoms with van der Waals surface area (Å²) < 4.78 is 77.4. The summed E-state index contributed by atoms with van der Waals surface area (Å²) in [6, 6.07) is 10.7. The van der Waals surface area contributed by atoms with Crippen LogP contribution in [0.1, 0.15) is 85.5 Å². The van der Waals surface area contributed by atoms with Crippen molar-refractivity contribution in [2.75, 3.05) is 10.6 Å². The quantitative estimate of drug-likeness (QED) is 0.116. The molecule has 54 heavy (non-hydrogen) atoms. The standard InChI is InChI=1S/C22H26F3N3Si.C19H18F3N3/c1-15-26-19(13-14-29(2,3)4)20(21(27-15)28-18-7-5-6-8-18)16-9-11-17(12-10-16)22(23,24)25;1-3-16-17(13-8-10-14(11-9-13)19(20,21)22)18(24-12(2)23-16)25-15-6-4-5-7-15/h9-12,18H,5-8H2,1-4H3,(H,26,27,28);1,8-11,15H,4-7H2,2H3,(H,23,24,25). The predicted molar refractivity (Wildman–Crippen MR) is 204 cm³/mol. The molecule has 4 aromatic rings. The van der Waals surface area contributed by atoms with Crippen LogP contribution in [-0.2, 0) is 12.4 Å². The number of anilines is 2. The summed E-state index contributed by atoms with van der Waals surface area (Å²) in [5, 5.41) is 6.90. The van der Waals surface area contributed by atoms with Crippen molar-refractivity contribution < 1.29 is 26.3 Å². The smallest absolute Gasteiger partial charge is 0.367 e. The van der Waals surface area contributed by atoms with Gasteiger partial charge in [-0.3, -0.25) is 0 Å². The van der Waals surface area contributed by atoms with Crippen LogP contribution in [-0.4, -0.2) is 40.1 Å². The zero-order valence-electron chi connectivity index (χ0n) is 31.1. The molecule has 2 aliphatic rings. The van der Waals surface area contributed by atoms with Crippen LogP contribution in [0.3, 0.4) is 0 Å². The van der Waals surface area contributed by atoms with E-state index in [1.54, 1.807) is 6.92 Å². The number of halogens is 6. The number of hydrogen-bond donors (Lipinski definition) is 2. The van der Waals surface area contributed by atoms with E-state index in [0.29, 0.717) is 69.0 Å². The molecule has 2 aromatic heterocycles. The fourth-order valence-electron chi connectivity index (χ4n) is 6.52. The van der Waals surface area contributed by atoms with Gasteiger partial charge in [0, 0.05) is 12.1 Å². The van der Waals surface area contributed by atoms with E-state index in [-0.39, 0.29) is 0 Å². The summed E-state index contributed by atoms with van der Waals surface area (Å²) >= 11 is 0. The third kappa shape index (κ3) is 10.6. The molecular weight excluding hydrogens is 719 g/mol. The van der Waals surface area contributed by atoms with Crippen LogP contribution in [0.5, 0.6) is 0 Å². The van der Waals surface area contributed by atoms with E-state index < -0.39 is 31.6 Å². The van der Waals surface area contributed by atoms with E-state index in [2.05, 4.69) is 67.6 Å². The minimum Gasteiger partial charge on any atom is -0.367 e. The Morgan fingerprint density at radius 2 is 0.981 bits per heavy atom. The van der Waals surface area contributed by atoms with Gasteiger partial charge in [-0.15, -0.1) is 12.0 Å². The fourth-order valence-corrected chi connectivity index (χ4v) is 7.01. The molecular formula is C41H44F6N6Si. The molecule has 0 atom stereocenters. The number of benzene rings is 2. The largest absolute Gasteiger partial charge is 0.416 e. The van der Waals surface area contributed by atoms with Crippen molar-refractivity contribution in [1.29, 1.82) is 0 Å². The van der Waals surface area contributed by atoms with E-state index in [4.69, 9.17) is 6.42 Å². The second-order valence-corrected chi connectivity index (χ2v) is 19.5. The lowest BCUT2D eigenvalue weighted by molar-refractivity contribution is -0.138. The number of nitrogens with zero attached hydrogens (tertiary/aromatic N) is 4. The van der Waals surface area contributed by atoms with E-state index in [0.717, 1.165) is 62.8 Å². The summed E-state index contributed by atoms with van der Waals surface area (Å²) in [7, 11) is -1.66. The number of nitrogens with one attached hydrogen (secondary N) is 2. The van der Waals surface area contributed by atoms with Gasteiger partial charge < -0.3 is 10.6 Å². The summed E-state index contributed by atoms with van der Waals surface area (Å²) in [5.41, 5.74) is 5.37. The van der Waals surface area contributed by atoms with Crippen LogP contribution in [0.2, 0.25) is 19.6 Å². The molecule has 2 aromatic carbocycles. The third-order valence-corrected chi connectivity index (χ3v) is 10.0. The molecule has 2 aliphatic carbocycles. The maximum Gasteiger partial charge on any atom is 0.416 e. The predicted octanol–water partition coefficient (Wildman–Crippen LogP) is 10.9. The Morgan fingerprint density at radius 3 is 1.33 bits per heavy atom. The van der Waals surface area contributed by atoms with Crippen molar-refractivity contribution in [1.82, 2.24) is 19.9 Å². The highest BCUT2D eigenvalue weighted by molar-refractivity contribution is 6.83. The molecule has 6 rings (SSSR count). The van der Waals surface area contributed by atoms with Crippen molar-refractivity contribution in [3.8, 4) is 46.1 Å². The second-order valence-electron chi connectivity index (χ2n) is 14.7. The zero-order valence-corrected chi connectivity index (χ0v) is 32.1. The van der Waals surface area contributed by atoms with Crippen LogP contribution < -0.4 is 10.6 Å². The summed E-state index contributed by atoms with van der Waals surface area (Å²) in [6.45, 7) is 9.99. The van der Waals surface area contributed by atoms with Gasteiger partial charge in [0.25, 0.3) is 0 Å². The van der Waals surface area contributed by atoms with Crippen molar-refractivity contribution >= 4 is 19.7 Å². The molecule has 13 heteroatoms. The Labute approximate surface area is 314 Å².